The van der Waals surface area contributed by atoms with Gasteiger partial charge in [-0.3, -0.25) is 19.2 Å². The Morgan fingerprint density at radius 2 is 1.77 bits per heavy atom. The number of pyridine rings is 1. The van der Waals surface area contributed by atoms with Crippen molar-refractivity contribution in [2.75, 3.05) is 16.0 Å². The maximum atomic E-state index is 13.3. The molecule has 1 atom stereocenters. The van der Waals surface area contributed by atoms with Crippen LogP contribution in [0.4, 0.5) is 17.2 Å². The van der Waals surface area contributed by atoms with Gasteiger partial charge in [-0.25, -0.2) is 4.98 Å². The Labute approximate surface area is 202 Å². The molecule has 9 nitrogen and oxygen atoms in total. The molecule has 0 fully saturated rings. The summed E-state index contributed by atoms with van der Waals surface area (Å²) in [6.45, 7) is 5.14. The van der Waals surface area contributed by atoms with Gasteiger partial charge in [0.1, 0.15) is 11.9 Å². The van der Waals surface area contributed by atoms with Crippen LogP contribution in [0, 0.1) is 6.92 Å². The zero-order valence-corrected chi connectivity index (χ0v) is 19.6. The molecule has 3 aromatic rings. The van der Waals surface area contributed by atoms with Crippen molar-refractivity contribution in [1.82, 2.24) is 9.88 Å². The van der Waals surface area contributed by atoms with Gasteiger partial charge in [0.2, 0.25) is 11.8 Å². The van der Waals surface area contributed by atoms with E-state index in [2.05, 4.69) is 20.9 Å². The molecule has 0 aliphatic carbocycles. The van der Waals surface area contributed by atoms with Crippen LogP contribution in [0.5, 0.6) is 0 Å². The van der Waals surface area contributed by atoms with E-state index in [0.29, 0.717) is 28.3 Å². The van der Waals surface area contributed by atoms with Gasteiger partial charge in [-0.2, -0.15) is 0 Å². The molecule has 0 saturated carbocycles. The highest BCUT2D eigenvalue weighted by Gasteiger charge is 2.32. The van der Waals surface area contributed by atoms with Crippen LogP contribution in [0.1, 0.15) is 45.7 Å². The van der Waals surface area contributed by atoms with Crippen LogP contribution < -0.4 is 16.0 Å². The highest BCUT2D eigenvalue weighted by molar-refractivity contribution is 6.10. The second kappa shape index (κ2) is 9.76. The van der Waals surface area contributed by atoms with Crippen LogP contribution in [0.2, 0.25) is 0 Å². The predicted molar refractivity (Wildman–Crippen MR) is 132 cm³/mol. The first-order chi connectivity index (χ1) is 16.7. The molecule has 35 heavy (non-hydrogen) atoms. The van der Waals surface area contributed by atoms with Crippen LogP contribution in [-0.4, -0.2) is 39.6 Å². The van der Waals surface area contributed by atoms with Crippen molar-refractivity contribution >= 4 is 40.8 Å². The van der Waals surface area contributed by atoms with E-state index in [1.165, 1.54) is 11.8 Å². The summed E-state index contributed by atoms with van der Waals surface area (Å²) in [5.41, 5.74) is 3.37. The van der Waals surface area contributed by atoms with Crippen molar-refractivity contribution in [2.24, 2.45) is 0 Å². The van der Waals surface area contributed by atoms with Crippen LogP contribution >= 0.6 is 0 Å². The lowest BCUT2D eigenvalue weighted by atomic mass is 10.1. The lowest BCUT2D eigenvalue weighted by molar-refractivity contribution is -0.120. The van der Waals surface area contributed by atoms with Crippen LogP contribution in [0.3, 0.4) is 0 Å². The SMILES string of the molecule is CC(=O)Nc1ccc2c(c1)NC(=O)[C@@H](C)N(Cc1ccc(C(=O)Nc3ccc(C)cn3)cc1)C2=O. The standard InChI is InChI=1S/C26H25N5O4/c1-15-4-11-23(27-13-15)30-25(34)19-7-5-18(6-8-19)14-31-16(2)24(33)29-22-12-20(28-17(3)32)9-10-21(22)26(31)35/h4-13,16H,14H2,1-3H3,(H,28,32)(H,29,33)(H,27,30,34)/t16-/m1/s1. The number of benzene rings is 2. The number of fused-ring (bicyclic) bond motifs is 1. The molecule has 0 saturated heterocycles. The Balaban J connectivity index is 1.51. The molecule has 4 rings (SSSR count). The van der Waals surface area contributed by atoms with E-state index in [9.17, 15) is 19.2 Å². The Morgan fingerprint density at radius 1 is 1.03 bits per heavy atom. The minimum Gasteiger partial charge on any atom is -0.326 e. The molecule has 9 heteroatoms. The molecule has 0 spiro atoms. The fourth-order valence-corrected chi connectivity index (χ4v) is 3.72. The van der Waals surface area contributed by atoms with Crippen LogP contribution in [0.25, 0.3) is 0 Å². The van der Waals surface area contributed by atoms with E-state index >= 15 is 0 Å². The number of amides is 4. The zero-order chi connectivity index (χ0) is 25.1. The van der Waals surface area contributed by atoms with Crippen molar-refractivity contribution in [3.8, 4) is 0 Å². The highest BCUT2D eigenvalue weighted by Crippen LogP contribution is 2.27. The molecule has 1 aliphatic rings. The van der Waals surface area contributed by atoms with Gasteiger partial charge in [0.15, 0.2) is 0 Å². The largest absolute Gasteiger partial charge is 0.326 e. The number of carbonyl (C=O) groups is 4. The monoisotopic (exact) mass is 471 g/mol. The number of hydrogen-bond donors (Lipinski definition) is 3. The number of nitrogens with zero attached hydrogens (tertiary/aromatic N) is 2. The third-order valence-corrected chi connectivity index (χ3v) is 5.66. The molecule has 2 aromatic carbocycles. The summed E-state index contributed by atoms with van der Waals surface area (Å²) in [6, 6.07) is 14.5. The number of anilines is 3. The number of aryl methyl sites for hydroxylation is 1. The van der Waals surface area contributed by atoms with Gasteiger partial charge in [-0.15, -0.1) is 0 Å². The van der Waals surface area contributed by atoms with Gasteiger partial charge in [0, 0.05) is 30.9 Å². The van der Waals surface area contributed by atoms with E-state index in [1.807, 2.05) is 13.0 Å². The number of aromatic nitrogens is 1. The average molecular weight is 472 g/mol. The zero-order valence-electron chi connectivity index (χ0n) is 19.6. The second-order valence-corrected chi connectivity index (χ2v) is 8.41. The molecule has 0 radical (unpaired) electrons. The third-order valence-electron chi connectivity index (χ3n) is 5.66. The van der Waals surface area contributed by atoms with E-state index in [0.717, 1.165) is 11.1 Å². The maximum Gasteiger partial charge on any atom is 0.256 e. The molecule has 1 aromatic heterocycles. The van der Waals surface area contributed by atoms with E-state index in [-0.39, 0.29) is 30.2 Å². The first-order valence-corrected chi connectivity index (χ1v) is 11.1. The topological polar surface area (TPSA) is 120 Å². The minimum atomic E-state index is -0.727. The quantitative estimate of drug-likeness (QED) is 0.525. The Hall–Kier alpha value is -4.53. The normalized spacial score (nSPS) is 15.1. The van der Waals surface area contributed by atoms with Gasteiger partial charge < -0.3 is 20.9 Å². The number of hydrogen-bond acceptors (Lipinski definition) is 5. The molecule has 1 aliphatic heterocycles. The average Bonchev–Trinajstić information content (AvgIpc) is 2.90. The van der Waals surface area contributed by atoms with Crippen molar-refractivity contribution < 1.29 is 19.2 Å². The summed E-state index contributed by atoms with van der Waals surface area (Å²) in [4.78, 5) is 55.6. The van der Waals surface area contributed by atoms with Gasteiger partial charge in [-0.1, -0.05) is 18.2 Å². The fraction of sp³-hybridized carbons (Fsp3) is 0.192. The van der Waals surface area contributed by atoms with E-state index in [1.54, 1.807) is 61.7 Å². The summed E-state index contributed by atoms with van der Waals surface area (Å²) in [6.07, 6.45) is 1.67. The van der Waals surface area contributed by atoms with Crippen molar-refractivity contribution in [1.29, 1.82) is 0 Å². The summed E-state index contributed by atoms with van der Waals surface area (Å²) in [7, 11) is 0. The Bertz CT molecular complexity index is 1300. The summed E-state index contributed by atoms with van der Waals surface area (Å²) < 4.78 is 0. The van der Waals surface area contributed by atoms with Gasteiger partial charge in [0.05, 0.1) is 11.3 Å². The lowest BCUT2D eigenvalue weighted by Gasteiger charge is -2.26. The molecule has 0 unspecified atom stereocenters. The van der Waals surface area contributed by atoms with Crippen LogP contribution in [-0.2, 0) is 16.1 Å². The number of carbonyl (C=O) groups excluding carboxylic acids is 4. The minimum absolute atomic E-state index is 0.182. The molecule has 3 N–H and O–H groups in total. The molecular formula is C26H25N5O4. The summed E-state index contributed by atoms with van der Waals surface area (Å²) in [5.74, 6) is -0.736. The first-order valence-electron chi connectivity index (χ1n) is 11.1. The smallest absolute Gasteiger partial charge is 0.256 e. The van der Waals surface area contributed by atoms with Crippen molar-refractivity contribution in [3.05, 3.63) is 83.0 Å². The highest BCUT2D eigenvalue weighted by atomic mass is 16.2. The predicted octanol–water partition coefficient (Wildman–Crippen LogP) is 3.58. The van der Waals surface area contributed by atoms with Gasteiger partial charge in [-0.05, 0) is 61.4 Å². The molecule has 2 heterocycles. The van der Waals surface area contributed by atoms with Crippen molar-refractivity contribution in [2.45, 2.75) is 33.4 Å². The maximum absolute atomic E-state index is 13.3. The van der Waals surface area contributed by atoms with Gasteiger partial charge in [0.25, 0.3) is 11.8 Å². The molecule has 178 valence electrons. The lowest BCUT2D eigenvalue weighted by Crippen LogP contribution is -2.42. The number of nitrogens with one attached hydrogen (secondary N) is 3. The van der Waals surface area contributed by atoms with Gasteiger partial charge >= 0.3 is 0 Å². The Kier molecular flexibility index (Phi) is 6.59. The summed E-state index contributed by atoms with van der Waals surface area (Å²) >= 11 is 0. The fourth-order valence-electron chi connectivity index (χ4n) is 3.72. The Morgan fingerprint density at radius 3 is 2.43 bits per heavy atom. The molecule has 0 bridgehead atoms. The molecule has 4 amide bonds. The first kappa shape index (κ1) is 23.6. The van der Waals surface area contributed by atoms with E-state index in [4.69, 9.17) is 0 Å². The van der Waals surface area contributed by atoms with Crippen molar-refractivity contribution in [3.63, 3.8) is 0 Å². The summed E-state index contributed by atoms with van der Waals surface area (Å²) in [5, 5.41) is 8.17. The van der Waals surface area contributed by atoms with E-state index < -0.39 is 6.04 Å². The molecular weight excluding hydrogens is 446 g/mol. The number of rotatable bonds is 5. The van der Waals surface area contributed by atoms with Crippen LogP contribution in [0.15, 0.2) is 60.8 Å². The third kappa shape index (κ3) is 5.35. The second-order valence-electron chi connectivity index (χ2n) is 8.41.